The van der Waals surface area contributed by atoms with Gasteiger partial charge in [-0.3, -0.25) is 14.2 Å². The van der Waals surface area contributed by atoms with Crippen LogP contribution in [-0.2, 0) is 25.6 Å². The third kappa shape index (κ3) is 12.5. The van der Waals surface area contributed by atoms with Crippen LogP contribution in [0.25, 0.3) is 50.2 Å². The quantitative estimate of drug-likeness (QED) is 0.0763. The fourth-order valence-corrected chi connectivity index (χ4v) is 8.78. The molecule has 2 aliphatic heterocycles. The Hall–Kier alpha value is -7.63. The molecule has 0 bridgehead atoms. The van der Waals surface area contributed by atoms with E-state index in [-0.39, 0.29) is 54.1 Å². The summed E-state index contributed by atoms with van der Waals surface area (Å²) in [6.45, 7) is 21.2. The number of aromatic nitrogens is 4. The molecule has 0 saturated carbocycles. The molecule has 3 atom stereocenters. The van der Waals surface area contributed by atoms with Crippen LogP contribution in [0.15, 0.2) is 89.6 Å². The van der Waals surface area contributed by atoms with Crippen LogP contribution in [0, 0.1) is 11.7 Å². The van der Waals surface area contributed by atoms with Crippen molar-refractivity contribution in [1.82, 2.24) is 45.3 Å². The molecule has 0 aliphatic carbocycles. The number of benzene rings is 3. The maximum atomic E-state index is 16.9. The molecule has 4 N–H and O–H groups in total. The van der Waals surface area contributed by atoms with Crippen molar-refractivity contribution in [2.45, 2.75) is 112 Å². The van der Waals surface area contributed by atoms with Crippen LogP contribution in [0.3, 0.4) is 0 Å². The molecule has 6 aromatic rings. The number of likely N-dealkylation sites (tertiary alicyclic amines) is 1. The lowest BCUT2D eigenvalue weighted by molar-refractivity contribution is -0.135. The van der Waals surface area contributed by atoms with Gasteiger partial charge in [0, 0.05) is 41.0 Å². The van der Waals surface area contributed by atoms with Crippen molar-refractivity contribution in [3.63, 3.8) is 0 Å². The first-order valence-corrected chi connectivity index (χ1v) is 25.1. The lowest BCUT2D eigenvalue weighted by Crippen LogP contribution is -2.51. The third-order valence-electron chi connectivity index (χ3n) is 12.1. The van der Waals surface area contributed by atoms with Gasteiger partial charge in [0.15, 0.2) is 5.58 Å². The van der Waals surface area contributed by atoms with Gasteiger partial charge in [-0.25, -0.2) is 23.9 Å². The largest absolute Gasteiger partial charge is 0.460 e. The number of para-hydroxylation sites is 2. The number of hydrogen-bond acceptors (Lipinski definition) is 11. The molecular weight excluding hydrogens is 934 g/mol. The standard InChI is InChI=1S/C49H54FN9O8.2C3H8/c1-8-18-57(46(61)44(27(3)4)56-49(63)65-7)26-41-51-24-35(54-41)29-16-17-37-31(20-29)22-38-43-32(50)21-30(23-40(43)67-47(59(37)38)45-55-34-13-10-11-15-39(34)66-45)33(9-2)53-28(5)36-14-12-19-58(36)42(60)25-52-48(62)64-6;2*1-3-2/h9-11,13,15-17,20-24,27,36,44,47,53H,5,8,12,14,18-19,25-26H2,1-4,6-7H3,(H,51,54)(H,52,62)(H,56,63);2*3H2,1-2H3/b33-9-;;. The zero-order valence-electron chi connectivity index (χ0n) is 43.7. The molecule has 5 heterocycles. The Morgan fingerprint density at radius 1 is 1.00 bits per heavy atom. The number of H-pyrrole nitrogens is 1. The van der Waals surface area contributed by atoms with Crippen LogP contribution >= 0.6 is 0 Å². The molecule has 3 aromatic heterocycles. The molecule has 0 radical (unpaired) electrons. The SMILES string of the molecule is C=C(N/C(=C\C)c1cc(F)c2c(c1)OC(c1nc3ccccc3o1)n1c-2cc2cc(-c3cnc(CN(CCC)C(=O)C(NC(=O)OC)C(C)C)[nH]3)ccc21)C1CCCN1C(=O)CNC(=O)OC.CCC.CCC. The number of hydrogen-bond donors (Lipinski definition) is 4. The van der Waals surface area contributed by atoms with E-state index in [1.807, 2.05) is 80.8 Å². The number of rotatable bonds is 15. The Balaban J connectivity index is 0.00000138. The fourth-order valence-electron chi connectivity index (χ4n) is 8.78. The van der Waals surface area contributed by atoms with Gasteiger partial charge in [0.1, 0.15) is 35.5 Å². The number of halogens is 1. The van der Waals surface area contributed by atoms with Crippen molar-refractivity contribution in [3.8, 4) is 28.3 Å². The highest BCUT2D eigenvalue weighted by atomic mass is 19.1. The van der Waals surface area contributed by atoms with Crippen LogP contribution in [0.5, 0.6) is 5.75 Å². The lowest BCUT2D eigenvalue weighted by atomic mass is 10.0. The highest BCUT2D eigenvalue weighted by Gasteiger charge is 2.36. The van der Waals surface area contributed by atoms with Crippen LogP contribution in [0.4, 0.5) is 14.0 Å². The summed E-state index contributed by atoms with van der Waals surface area (Å²) in [5.74, 6) is -0.125. The Morgan fingerprint density at radius 3 is 2.40 bits per heavy atom. The van der Waals surface area contributed by atoms with E-state index in [1.54, 1.807) is 28.1 Å². The van der Waals surface area contributed by atoms with Crippen molar-refractivity contribution in [2.24, 2.45) is 5.92 Å². The zero-order chi connectivity index (χ0) is 52.9. The average Bonchev–Trinajstić information content (AvgIpc) is 4.22. The monoisotopic (exact) mass is 1000 g/mol. The first kappa shape index (κ1) is 54.7. The van der Waals surface area contributed by atoms with E-state index in [0.29, 0.717) is 71.2 Å². The molecule has 17 nitrogen and oxygen atoms in total. The number of carbonyl (C=O) groups is 4. The van der Waals surface area contributed by atoms with Gasteiger partial charge in [-0.2, -0.15) is 0 Å². The van der Waals surface area contributed by atoms with E-state index >= 15 is 4.39 Å². The summed E-state index contributed by atoms with van der Waals surface area (Å²) in [6, 6.07) is 17.2. The average molecular weight is 1000 g/mol. The number of alkyl carbamates (subject to hydrolysis) is 2. The summed E-state index contributed by atoms with van der Waals surface area (Å²) in [5, 5.41) is 9.24. The topological polar surface area (TPSA) is 198 Å². The second-order valence-electron chi connectivity index (χ2n) is 18.2. The highest BCUT2D eigenvalue weighted by Crippen LogP contribution is 2.47. The second-order valence-corrected chi connectivity index (χ2v) is 18.2. The van der Waals surface area contributed by atoms with E-state index < -0.39 is 30.3 Å². The number of imidazole rings is 1. The molecule has 390 valence electrons. The van der Waals surface area contributed by atoms with E-state index in [1.165, 1.54) is 33.1 Å². The lowest BCUT2D eigenvalue weighted by Gasteiger charge is -2.30. The number of allylic oxidation sites excluding steroid dienone is 1. The Labute approximate surface area is 426 Å². The Kier molecular flexibility index (Phi) is 18.8. The van der Waals surface area contributed by atoms with Gasteiger partial charge >= 0.3 is 12.2 Å². The molecule has 3 unspecified atom stereocenters. The van der Waals surface area contributed by atoms with Crippen molar-refractivity contribution in [3.05, 3.63) is 108 Å². The van der Waals surface area contributed by atoms with Crippen LogP contribution in [0.2, 0.25) is 0 Å². The molecule has 18 heteroatoms. The molecule has 2 aliphatic rings. The first-order valence-electron chi connectivity index (χ1n) is 25.1. The normalized spacial score (nSPS) is 15.2. The summed E-state index contributed by atoms with van der Waals surface area (Å²) < 4.78 is 41.2. The van der Waals surface area contributed by atoms with Gasteiger partial charge in [0.25, 0.3) is 12.1 Å². The number of nitrogens with zero attached hydrogens (tertiary/aromatic N) is 5. The smallest absolute Gasteiger partial charge is 0.407 e. The fraction of sp³-hybridized carbons (Fsp3) is 0.418. The Morgan fingerprint density at radius 2 is 1.73 bits per heavy atom. The van der Waals surface area contributed by atoms with Crippen molar-refractivity contribution < 1.29 is 42.2 Å². The van der Waals surface area contributed by atoms with Crippen LogP contribution < -0.4 is 20.7 Å². The van der Waals surface area contributed by atoms with Gasteiger partial charge in [-0.05, 0) is 74.6 Å². The molecular formula is C55H70FN9O8. The summed E-state index contributed by atoms with van der Waals surface area (Å²) in [5.41, 5.74) is 5.83. The third-order valence-corrected chi connectivity index (χ3v) is 12.1. The van der Waals surface area contributed by atoms with E-state index in [2.05, 4.69) is 64.9 Å². The molecule has 8 rings (SSSR count). The van der Waals surface area contributed by atoms with E-state index in [9.17, 15) is 19.2 Å². The van der Waals surface area contributed by atoms with Gasteiger partial charge in [0.2, 0.25) is 11.8 Å². The molecule has 4 amide bonds. The number of carbonyl (C=O) groups excluding carboxylic acids is 4. The van der Waals surface area contributed by atoms with Crippen molar-refractivity contribution in [1.29, 1.82) is 0 Å². The zero-order valence-corrected chi connectivity index (χ0v) is 43.7. The molecule has 1 fully saturated rings. The molecule has 0 spiro atoms. The van der Waals surface area contributed by atoms with Crippen LogP contribution in [0.1, 0.15) is 111 Å². The maximum absolute atomic E-state index is 16.9. The van der Waals surface area contributed by atoms with Gasteiger partial charge in [-0.1, -0.05) is 92.2 Å². The first-order chi connectivity index (χ1) is 35.1. The van der Waals surface area contributed by atoms with Gasteiger partial charge < -0.3 is 49.4 Å². The van der Waals surface area contributed by atoms with Gasteiger partial charge in [-0.15, -0.1) is 0 Å². The summed E-state index contributed by atoms with van der Waals surface area (Å²) in [6.07, 6.45) is 5.81. The Bertz CT molecular complexity index is 2900. The molecule has 73 heavy (non-hydrogen) atoms. The van der Waals surface area contributed by atoms with E-state index in [4.69, 9.17) is 18.9 Å². The van der Waals surface area contributed by atoms with Crippen molar-refractivity contribution >= 4 is 51.7 Å². The number of aromatic amines is 1. The minimum atomic E-state index is -0.925. The summed E-state index contributed by atoms with van der Waals surface area (Å²) >= 11 is 0. The summed E-state index contributed by atoms with van der Waals surface area (Å²) in [7, 11) is 2.49. The number of oxazole rings is 1. The number of fused-ring (bicyclic) bond motifs is 6. The minimum Gasteiger partial charge on any atom is -0.460 e. The predicted molar refractivity (Wildman–Crippen MR) is 281 cm³/mol. The number of nitrogens with one attached hydrogen (secondary N) is 4. The molecule has 1 saturated heterocycles. The number of amides is 4. The van der Waals surface area contributed by atoms with Crippen molar-refractivity contribution in [2.75, 3.05) is 33.9 Å². The van der Waals surface area contributed by atoms with Crippen LogP contribution in [-0.4, -0.2) is 99.3 Å². The molecule has 3 aromatic carbocycles. The maximum Gasteiger partial charge on any atom is 0.407 e. The number of methoxy groups -OCH3 is 2. The second kappa shape index (κ2) is 25.2. The number of ether oxygens (including phenoxy) is 3. The minimum absolute atomic E-state index is 0.181. The summed E-state index contributed by atoms with van der Waals surface area (Å²) in [4.78, 5) is 66.7. The van der Waals surface area contributed by atoms with E-state index in [0.717, 1.165) is 22.9 Å². The van der Waals surface area contributed by atoms with Gasteiger partial charge in [0.05, 0.1) is 55.5 Å². The predicted octanol–water partition coefficient (Wildman–Crippen LogP) is 10.7. The highest BCUT2D eigenvalue weighted by molar-refractivity contribution is 5.93.